The summed E-state index contributed by atoms with van der Waals surface area (Å²) >= 11 is 0. The molecule has 0 atom stereocenters. The van der Waals surface area contributed by atoms with Crippen molar-refractivity contribution in [2.75, 3.05) is 0 Å². The van der Waals surface area contributed by atoms with Gasteiger partial charge in [0.05, 0.1) is 4.90 Å². The third-order valence-electron chi connectivity index (χ3n) is 6.55. The molecule has 0 aliphatic heterocycles. The summed E-state index contributed by atoms with van der Waals surface area (Å²) in [4.78, 5) is 0.0428. The Hall–Kier alpha value is -1.90. The maximum Gasteiger partial charge on any atom is 0.339 e. The molecule has 0 amide bonds. The van der Waals surface area contributed by atoms with E-state index in [2.05, 4.69) is 13.8 Å². The second-order valence-corrected chi connectivity index (χ2v) is 13.1. The van der Waals surface area contributed by atoms with E-state index in [1.807, 2.05) is 39.8 Å². The predicted molar refractivity (Wildman–Crippen MR) is 134 cm³/mol. The molecule has 1 aliphatic rings. The first-order valence-electron chi connectivity index (χ1n) is 11.9. The average Bonchev–Trinajstić information content (AvgIpc) is 2.73. The van der Waals surface area contributed by atoms with Crippen LogP contribution >= 0.6 is 0 Å². The molecule has 0 saturated carbocycles. The fraction of sp³-hybridized carbons (Fsp3) is 0.538. The van der Waals surface area contributed by atoms with E-state index in [1.165, 1.54) is 6.07 Å². The van der Waals surface area contributed by atoms with E-state index in [0.29, 0.717) is 29.5 Å². The first-order chi connectivity index (χ1) is 15.6. The molecule has 0 saturated heterocycles. The van der Waals surface area contributed by atoms with E-state index in [4.69, 9.17) is 4.18 Å². The van der Waals surface area contributed by atoms with Gasteiger partial charge >= 0.3 is 10.1 Å². The van der Waals surface area contributed by atoms with Gasteiger partial charge in [-0.2, -0.15) is 16.8 Å². The summed E-state index contributed by atoms with van der Waals surface area (Å²) in [6.45, 7) is 13.7. The second kappa shape index (κ2) is 9.63. The lowest BCUT2D eigenvalue weighted by atomic mass is 9.89. The molecule has 188 valence electrons. The molecule has 0 aromatic heterocycles. The third kappa shape index (κ3) is 5.19. The first-order valence-corrected chi connectivity index (χ1v) is 14.7. The lowest BCUT2D eigenvalue weighted by Gasteiger charge is -2.25. The van der Waals surface area contributed by atoms with Gasteiger partial charge in [0.1, 0.15) is 10.6 Å². The van der Waals surface area contributed by atoms with Crippen LogP contribution in [-0.4, -0.2) is 21.4 Å². The van der Waals surface area contributed by atoms with Gasteiger partial charge < -0.3 is 4.18 Å². The minimum absolute atomic E-state index is 0.0403. The average molecular weight is 509 g/mol. The van der Waals surface area contributed by atoms with Gasteiger partial charge in [0.15, 0.2) is 0 Å². The number of rotatable bonds is 7. The van der Waals surface area contributed by atoms with Crippen molar-refractivity contribution in [3.63, 3.8) is 0 Å². The van der Waals surface area contributed by atoms with E-state index in [-0.39, 0.29) is 33.3 Å². The highest BCUT2D eigenvalue weighted by molar-refractivity contribution is 7.87. The smallest absolute Gasteiger partial charge is 0.339 e. The molecule has 0 bridgehead atoms. The summed E-state index contributed by atoms with van der Waals surface area (Å²) in [5, 5.41) is 0. The molecule has 0 unspecified atom stereocenters. The minimum Gasteiger partial charge on any atom is -0.378 e. The van der Waals surface area contributed by atoms with E-state index in [1.54, 1.807) is 6.92 Å². The van der Waals surface area contributed by atoms with Gasteiger partial charge in [-0.1, -0.05) is 53.7 Å². The van der Waals surface area contributed by atoms with E-state index in [9.17, 15) is 21.4 Å². The standard InChI is InChI=1S/C26H36O6S2/c1-15(2)19-13-22(16(3)4)26(23(14-19)17(5)6)34(30,31)32-25-18(7)12-24(33(27,28)29)20-10-8-9-11-21(20)25/h12-17H,8-11H2,1-7H3,(H,27,28,29). The SMILES string of the molecule is Cc1cc(S(=O)(=O)O)c2c(c1OS(=O)(=O)c1c(C(C)C)cc(C(C)C)cc1C(C)C)CCCC2. The summed E-state index contributed by atoms with van der Waals surface area (Å²) in [7, 11) is -8.66. The van der Waals surface area contributed by atoms with Crippen molar-refractivity contribution in [1.29, 1.82) is 0 Å². The van der Waals surface area contributed by atoms with Crippen LogP contribution in [0.5, 0.6) is 5.75 Å². The van der Waals surface area contributed by atoms with Crippen molar-refractivity contribution in [2.45, 2.75) is 102 Å². The van der Waals surface area contributed by atoms with Gasteiger partial charge in [0.2, 0.25) is 0 Å². The lowest BCUT2D eigenvalue weighted by Crippen LogP contribution is -2.20. The van der Waals surface area contributed by atoms with Crippen molar-refractivity contribution < 1.29 is 25.6 Å². The lowest BCUT2D eigenvalue weighted by molar-refractivity contribution is 0.470. The van der Waals surface area contributed by atoms with Gasteiger partial charge in [-0.25, -0.2) is 0 Å². The van der Waals surface area contributed by atoms with Crippen molar-refractivity contribution >= 4 is 20.2 Å². The highest BCUT2D eigenvalue weighted by atomic mass is 32.2. The fourth-order valence-electron chi connectivity index (χ4n) is 4.69. The highest BCUT2D eigenvalue weighted by Gasteiger charge is 2.32. The molecule has 1 N–H and O–H groups in total. The van der Waals surface area contributed by atoms with Crippen LogP contribution in [-0.2, 0) is 33.1 Å². The second-order valence-electron chi connectivity index (χ2n) is 10.2. The van der Waals surface area contributed by atoms with E-state index >= 15 is 0 Å². The third-order valence-corrected chi connectivity index (χ3v) is 8.82. The van der Waals surface area contributed by atoms with Gasteiger partial charge in [-0.3, -0.25) is 4.55 Å². The summed E-state index contributed by atoms with van der Waals surface area (Å²) in [6, 6.07) is 5.24. The van der Waals surface area contributed by atoms with Crippen LogP contribution in [0.15, 0.2) is 28.0 Å². The Labute approximate surface area is 204 Å². The van der Waals surface area contributed by atoms with Crippen LogP contribution in [0.2, 0.25) is 0 Å². The minimum atomic E-state index is -4.43. The van der Waals surface area contributed by atoms with Crippen LogP contribution in [0.4, 0.5) is 0 Å². The van der Waals surface area contributed by atoms with Crippen molar-refractivity contribution in [3.8, 4) is 5.75 Å². The van der Waals surface area contributed by atoms with Crippen molar-refractivity contribution in [2.24, 2.45) is 0 Å². The number of aryl methyl sites for hydroxylation is 1. The maximum absolute atomic E-state index is 13.9. The monoisotopic (exact) mass is 508 g/mol. The predicted octanol–water partition coefficient (Wildman–Crippen LogP) is 6.26. The van der Waals surface area contributed by atoms with Gasteiger partial charge in [0, 0.05) is 5.56 Å². The Balaban J connectivity index is 2.26. The van der Waals surface area contributed by atoms with Gasteiger partial charge in [0.25, 0.3) is 10.1 Å². The largest absolute Gasteiger partial charge is 0.378 e. The van der Waals surface area contributed by atoms with Gasteiger partial charge in [-0.15, -0.1) is 0 Å². The molecule has 0 heterocycles. The molecule has 2 aromatic rings. The number of hydrogen-bond acceptors (Lipinski definition) is 5. The van der Waals surface area contributed by atoms with E-state index in [0.717, 1.165) is 29.5 Å². The molecule has 1 aliphatic carbocycles. The molecule has 8 heteroatoms. The number of benzene rings is 2. The summed E-state index contributed by atoms with van der Waals surface area (Å²) in [5.74, 6) is 0.345. The topological polar surface area (TPSA) is 97.7 Å². The molecule has 0 radical (unpaired) electrons. The highest BCUT2D eigenvalue weighted by Crippen LogP contribution is 2.41. The van der Waals surface area contributed by atoms with Crippen LogP contribution in [0, 0.1) is 6.92 Å². The Morgan fingerprint density at radius 3 is 1.74 bits per heavy atom. The zero-order chi connectivity index (χ0) is 25.6. The summed E-state index contributed by atoms with van der Waals surface area (Å²) in [5.41, 5.74) is 3.89. The Morgan fingerprint density at radius 2 is 1.29 bits per heavy atom. The van der Waals surface area contributed by atoms with Crippen LogP contribution in [0.25, 0.3) is 0 Å². The molecule has 6 nitrogen and oxygen atoms in total. The summed E-state index contributed by atoms with van der Waals surface area (Å²) < 4.78 is 67.3. The number of fused-ring (bicyclic) bond motifs is 1. The van der Waals surface area contributed by atoms with Crippen LogP contribution < -0.4 is 4.18 Å². The fourth-order valence-corrected chi connectivity index (χ4v) is 7.25. The molecule has 34 heavy (non-hydrogen) atoms. The normalized spacial score (nSPS) is 14.7. The Bertz CT molecular complexity index is 1270. The van der Waals surface area contributed by atoms with Crippen molar-refractivity contribution in [3.05, 3.63) is 51.6 Å². The molecule has 0 spiro atoms. The molecule has 2 aromatic carbocycles. The van der Waals surface area contributed by atoms with Crippen molar-refractivity contribution in [1.82, 2.24) is 0 Å². The molecule has 0 fully saturated rings. The Morgan fingerprint density at radius 1 is 0.794 bits per heavy atom. The Kier molecular flexibility index (Phi) is 7.56. The molecular weight excluding hydrogens is 472 g/mol. The van der Waals surface area contributed by atoms with Gasteiger partial charge in [-0.05, 0) is 84.2 Å². The quantitative estimate of drug-likeness (QED) is 0.350. The zero-order valence-corrected chi connectivity index (χ0v) is 22.7. The first kappa shape index (κ1) is 26.7. The maximum atomic E-state index is 13.9. The van der Waals surface area contributed by atoms with Crippen LogP contribution in [0.1, 0.15) is 106 Å². The van der Waals surface area contributed by atoms with Crippen LogP contribution in [0.3, 0.4) is 0 Å². The zero-order valence-electron chi connectivity index (χ0n) is 21.1. The molecule has 3 rings (SSSR count). The molecular formula is C26H36O6S2. The number of hydrogen-bond donors (Lipinski definition) is 1. The summed E-state index contributed by atoms with van der Waals surface area (Å²) in [6.07, 6.45) is 2.48. The van der Waals surface area contributed by atoms with E-state index < -0.39 is 20.2 Å².